The summed E-state index contributed by atoms with van der Waals surface area (Å²) in [5, 5.41) is 17.2. The molecule has 0 aliphatic heterocycles. The van der Waals surface area contributed by atoms with Crippen LogP contribution in [0.5, 0.6) is 0 Å². The third-order valence-electron chi connectivity index (χ3n) is 5.63. The first-order valence-electron chi connectivity index (χ1n) is 8.13. The molecule has 23 heavy (non-hydrogen) atoms. The summed E-state index contributed by atoms with van der Waals surface area (Å²) < 4.78 is 0. The molecule has 0 saturated heterocycles. The van der Waals surface area contributed by atoms with Crippen LogP contribution in [-0.2, 0) is 16.6 Å². The number of hydrogen-bond acceptors (Lipinski definition) is 3. The number of nitrogens with zero attached hydrogens (tertiary/aromatic N) is 1. The summed E-state index contributed by atoms with van der Waals surface area (Å²) in [5.74, 6) is 0.400. The first kappa shape index (κ1) is 14.2. The molecule has 118 valence electrons. The van der Waals surface area contributed by atoms with Crippen LogP contribution in [-0.4, -0.2) is 21.1 Å². The van der Waals surface area contributed by atoms with Gasteiger partial charge in [-0.25, -0.2) is 0 Å². The fraction of sp³-hybridized carbons (Fsp3) is 0.368. The number of nitrogens with one attached hydrogen (secondary N) is 1. The van der Waals surface area contributed by atoms with Crippen molar-refractivity contribution in [3.05, 3.63) is 53.4 Å². The lowest BCUT2D eigenvalue weighted by Crippen LogP contribution is -2.43. The predicted octanol–water partition coefficient (Wildman–Crippen LogP) is 3.70. The van der Waals surface area contributed by atoms with E-state index in [0.29, 0.717) is 24.3 Å². The maximum Gasteiger partial charge on any atom is 0.162 e. The SMILES string of the molecule is CC12C/C(=C/O)C(=O)CC1CCc1c(-c3ccccc3)n[nH]c12. The Labute approximate surface area is 135 Å². The Morgan fingerprint density at radius 2 is 2.13 bits per heavy atom. The number of Topliss-reactive ketones (excluding diaryl/α,β-unsaturated/α-hetero) is 1. The Hall–Kier alpha value is -2.36. The third kappa shape index (κ3) is 2.05. The minimum atomic E-state index is -0.157. The zero-order valence-electron chi connectivity index (χ0n) is 13.2. The molecule has 2 unspecified atom stereocenters. The highest BCUT2D eigenvalue weighted by Crippen LogP contribution is 2.51. The van der Waals surface area contributed by atoms with Crippen molar-refractivity contribution in [2.24, 2.45) is 5.92 Å². The molecule has 1 heterocycles. The Morgan fingerprint density at radius 1 is 1.35 bits per heavy atom. The standard InChI is InChI=1S/C19H20N2O2/c1-19-10-13(11-22)16(23)9-14(19)7-8-15-17(20-21-18(15)19)12-5-3-2-4-6-12/h2-6,11,14,22H,7-10H2,1H3,(H,20,21)/b13-11-. The van der Waals surface area contributed by atoms with Gasteiger partial charge in [0.25, 0.3) is 0 Å². The fourth-order valence-corrected chi connectivity index (χ4v) is 4.28. The van der Waals surface area contributed by atoms with Crippen molar-refractivity contribution in [2.45, 2.75) is 38.0 Å². The maximum absolute atomic E-state index is 12.1. The minimum absolute atomic E-state index is 0.0845. The van der Waals surface area contributed by atoms with Crippen LogP contribution in [0.15, 0.2) is 42.2 Å². The number of aromatic amines is 1. The van der Waals surface area contributed by atoms with Gasteiger partial charge in [0.2, 0.25) is 0 Å². The number of hydrogen-bond donors (Lipinski definition) is 2. The van der Waals surface area contributed by atoms with Gasteiger partial charge in [0.05, 0.1) is 12.0 Å². The zero-order chi connectivity index (χ0) is 16.0. The molecule has 4 rings (SSSR count). The average Bonchev–Trinajstić information content (AvgIpc) is 3.01. The number of fused-ring (bicyclic) bond motifs is 3. The van der Waals surface area contributed by atoms with Gasteiger partial charge < -0.3 is 5.11 Å². The number of ketones is 1. The molecule has 2 aliphatic rings. The van der Waals surface area contributed by atoms with Crippen LogP contribution in [0.2, 0.25) is 0 Å². The van der Waals surface area contributed by atoms with Crippen LogP contribution in [0.3, 0.4) is 0 Å². The molecule has 0 amide bonds. The van der Waals surface area contributed by atoms with E-state index in [9.17, 15) is 9.90 Å². The molecule has 0 spiro atoms. The van der Waals surface area contributed by atoms with E-state index in [0.717, 1.165) is 36.1 Å². The highest BCUT2D eigenvalue weighted by Gasteiger charge is 2.48. The van der Waals surface area contributed by atoms with Crippen molar-refractivity contribution in [2.75, 3.05) is 0 Å². The van der Waals surface area contributed by atoms with E-state index >= 15 is 0 Å². The van der Waals surface area contributed by atoms with Crippen LogP contribution in [0.25, 0.3) is 11.3 Å². The first-order chi connectivity index (χ1) is 11.1. The lowest BCUT2D eigenvalue weighted by atomic mass is 9.59. The molecule has 1 aromatic carbocycles. The van der Waals surface area contributed by atoms with Crippen molar-refractivity contribution >= 4 is 5.78 Å². The Balaban J connectivity index is 1.81. The Kier molecular flexibility index (Phi) is 3.15. The van der Waals surface area contributed by atoms with E-state index in [2.05, 4.69) is 29.3 Å². The van der Waals surface area contributed by atoms with Crippen LogP contribution in [0.4, 0.5) is 0 Å². The van der Waals surface area contributed by atoms with Gasteiger partial charge in [0, 0.05) is 34.2 Å². The van der Waals surface area contributed by atoms with Gasteiger partial charge in [-0.2, -0.15) is 5.10 Å². The fourth-order valence-electron chi connectivity index (χ4n) is 4.28. The molecule has 2 aromatic rings. The molecule has 2 aliphatic carbocycles. The van der Waals surface area contributed by atoms with Crippen LogP contribution in [0.1, 0.15) is 37.4 Å². The van der Waals surface area contributed by atoms with Gasteiger partial charge in [-0.15, -0.1) is 0 Å². The molecule has 1 saturated carbocycles. The average molecular weight is 308 g/mol. The summed E-state index contributed by atoms with van der Waals surface area (Å²) >= 11 is 0. The lowest BCUT2D eigenvalue weighted by Gasteiger charge is -2.44. The minimum Gasteiger partial charge on any atom is -0.515 e. The lowest BCUT2D eigenvalue weighted by molar-refractivity contribution is -0.119. The number of H-pyrrole nitrogens is 1. The van der Waals surface area contributed by atoms with Crippen LogP contribution < -0.4 is 0 Å². The molecule has 4 heteroatoms. The Bertz CT molecular complexity index is 791. The van der Waals surface area contributed by atoms with Crippen molar-refractivity contribution in [3.8, 4) is 11.3 Å². The second kappa shape index (κ2) is 5.08. The molecule has 4 nitrogen and oxygen atoms in total. The summed E-state index contributed by atoms with van der Waals surface area (Å²) in [6, 6.07) is 10.2. The third-order valence-corrected chi connectivity index (χ3v) is 5.63. The number of aliphatic hydroxyl groups excluding tert-OH is 1. The second-order valence-electron chi connectivity index (χ2n) is 6.90. The summed E-state index contributed by atoms with van der Waals surface area (Å²) in [4.78, 5) is 12.1. The number of carbonyl (C=O) groups excluding carboxylic acids is 1. The largest absolute Gasteiger partial charge is 0.515 e. The molecular weight excluding hydrogens is 288 g/mol. The number of carbonyl (C=O) groups is 1. The molecule has 1 aromatic heterocycles. The highest BCUT2D eigenvalue weighted by atomic mass is 16.2. The number of aliphatic hydroxyl groups is 1. The molecule has 2 N–H and O–H groups in total. The van der Waals surface area contributed by atoms with Gasteiger partial charge in [-0.05, 0) is 25.2 Å². The van der Waals surface area contributed by atoms with Crippen molar-refractivity contribution < 1.29 is 9.90 Å². The van der Waals surface area contributed by atoms with Crippen LogP contribution >= 0.6 is 0 Å². The van der Waals surface area contributed by atoms with E-state index in [1.165, 1.54) is 5.56 Å². The van der Waals surface area contributed by atoms with E-state index < -0.39 is 0 Å². The second-order valence-corrected chi connectivity index (χ2v) is 6.90. The zero-order valence-corrected chi connectivity index (χ0v) is 13.2. The van der Waals surface area contributed by atoms with E-state index in [1.807, 2.05) is 18.2 Å². The molecular formula is C19H20N2O2. The Morgan fingerprint density at radius 3 is 2.87 bits per heavy atom. The van der Waals surface area contributed by atoms with E-state index in [4.69, 9.17) is 0 Å². The van der Waals surface area contributed by atoms with Gasteiger partial charge in [-0.3, -0.25) is 9.89 Å². The smallest absolute Gasteiger partial charge is 0.162 e. The van der Waals surface area contributed by atoms with Crippen molar-refractivity contribution in [1.29, 1.82) is 0 Å². The summed E-state index contributed by atoms with van der Waals surface area (Å²) in [5.41, 5.74) is 4.92. The maximum atomic E-state index is 12.1. The van der Waals surface area contributed by atoms with Gasteiger partial charge in [0.1, 0.15) is 0 Å². The van der Waals surface area contributed by atoms with Gasteiger partial charge in [0.15, 0.2) is 5.78 Å². The monoisotopic (exact) mass is 308 g/mol. The summed E-state index contributed by atoms with van der Waals surface area (Å²) in [6.45, 7) is 2.19. The van der Waals surface area contributed by atoms with Crippen molar-refractivity contribution in [1.82, 2.24) is 10.2 Å². The number of rotatable bonds is 1. The number of aromatic nitrogens is 2. The van der Waals surface area contributed by atoms with E-state index in [-0.39, 0.29) is 11.2 Å². The number of allylic oxidation sites excluding steroid dienone is 1. The predicted molar refractivity (Wildman–Crippen MR) is 88.1 cm³/mol. The topological polar surface area (TPSA) is 66.0 Å². The molecule has 1 fully saturated rings. The molecule has 0 bridgehead atoms. The first-order valence-corrected chi connectivity index (χ1v) is 8.13. The van der Waals surface area contributed by atoms with Gasteiger partial charge >= 0.3 is 0 Å². The molecule has 0 radical (unpaired) electrons. The number of benzene rings is 1. The summed E-state index contributed by atoms with van der Waals surface area (Å²) in [7, 11) is 0. The van der Waals surface area contributed by atoms with Gasteiger partial charge in [-0.1, -0.05) is 37.3 Å². The molecule has 2 atom stereocenters. The normalized spacial score (nSPS) is 28.5. The summed E-state index contributed by atoms with van der Waals surface area (Å²) in [6.07, 6.45) is 4.03. The van der Waals surface area contributed by atoms with Crippen molar-refractivity contribution in [3.63, 3.8) is 0 Å². The van der Waals surface area contributed by atoms with Crippen LogP contribution in [0, 0.1) is 5.92 Å². The van der Waals surface area contributed by atoms with E-state index in [1.54, 1.807) is 0 Å². The highest BCUT2D eigenvalue weighted by molar-refractivity contribution is 5.96. The quantitative estimate of drug-likeness (QED) is 0.623.